The molecule has 12 heteroatoms. The molecule has 4 aliphatic rings. The number of hydrogen-bond donors (Lipinski definition) is 0. The fourth-order valence-corrected chi connectivity index (χ4v) is 7.94. The van der Waals surface area contributed by atoms with Crippen molar-refractivity contribution in [2.75, 3.05) is 44.3 Å². The third-order valence-corrected chi connectivity index (χ3v) is 11.0. The van der Waals surface area contributed by atoms with Crippen LogP contribution in [-0.4, -0.2) is 106 Å². The van der Waals surface area contributed by atoms with E-state index in [2.05, 4.69) is 29.4 Å². The van der Waals surface area contributed by atoms with Crippen LogP contribution in [0.25, 0.3) is 11.2 Å². The molecule has 11 nitrogen and oxygen atoms in total. The Labute approximate surface area is 250 Å². The second-order valence-corrected chi connectivity index (χ2v) is 20.6. The fourth-order valence-electron chi connectivity index (χ4n) is 7.18. The predicted molar refractivity (Wildman–Crippen MR) is 165 cm³/mol. The van der Waals surface area contributed by atoms with Gasteiger partial charge in [0.1, 0.15) is 18.9 Å². The first-order valence-electron chi connectivity index (χ1n) is 15.9. The molecule has 0 N–H and O–H groups in total. The number of carbonyl (C=O) groups excluding carboxylic acids is 1. The zero-order chi connectivity index (χ0) is 29.7. The van der Waals surface area contributed by atoms with E-state index >= 15 is 0 Å². The molecule has 42 heavy (non-hydrogen) atoms. The molecule has 2 unspecified atom stereocenters. The highest BCUT2D eigenvalue weighted by molar-refractivity contribution is 6.76. The molecule has 0 aromatic carbocycles. The fraction of sp³-hybridized carbons (Fsp3) is 0.800. The smallest absolute Gasteiger partial charge is 0.410 e. The predicted octanol–water partition coefficient (Wildman–Crippen LogP) is 4.73. The summed E-state index contributed by atoms with van der Waals surface area (Å²) < 4.78 is 20.3. The Morgan fingerprint density at radius 3 is 2.40 bits per heavy atom. The number of aromatic nitrogens is 4. The largest absolute Gasteiger partial charge is 0.461 e. The monoisotopic (exact) mass is 599 g/mol. The Kier molecular flexibility index (Phi) is 7.93. The Morgan fingerprint density at radius 2 is 1.76 bits per heavy atom. The first kappa shape index (κ1) is 29.6. The Morgan fingerprint density at radius 1 is 1.07 bits per heavy atom. The molecule has 0 radical (unpaired) electrons. The molecule has 2 bridgehead atoms. The number of carbonyl (C=O) groups is 1. The minimum absolute atomic E-state index is 0.0735. The van der Waals surface area contributed by atoms with Gasteiger partial charge in [0.15, 0.2) is 17.0 Å². The summed E-state index contributed by atoms with van der Waals surface area (Å²) in [7, 11) is -1.19. The minimum Gasteiger partial charge on any atom is -0.461 e. The van der Waals surface area contributed by atoms with Crippen molar-refractivity contribution < 1.29 is 19.0 Å². The van der Waals surface area contributed by atoms with Gasteiger partial charge in [-0.05, 0) is 78.4 Å². The topological polar surface area (TPSA) is 98.1 Å². The van der Waals surface area contributed by atoms with E-state index in [9.17, 15) is 4.79 Å². The maximum Gasteiger partial charge on any atom is 0.410 e. The first-order chi connectivity index (χ1) is 19.9. The molecular formula is C30H49N7O4Si. The lowest BCUT2D eigenvalue weighted by Gasteiger charge is -2.41. The number of ether oxygens (including phenoxy) is 3. The molecule has 6 heterocycles. The van der Waals surface area contributed by atoms with Gasteiger partial charge in [0.25, 0.3) is 0 Å². The summed E-state index contributed by atoms with van der Waals surface area (Å²) >= 11 is 0. The van der Waals surface area contributed by atoms with E-state index in [0.29, 0.717) is 32.4 Å². The normalized spacial score (nSPS) is 24.0. The molecule has 2 aromatic rings. The number of anilines is 1. The van der Waals surface area contributed by atoms with Gasteiger partial charge in [0.2, 0.25) is 0 Å². The van der Waals surface area contributed by atoms with Gasteiger partial charge < -0.3 is 19.1 Å². The second kappa shape index (κ2) is 11.2. The highest BCUT2D eigenvalue weighted by Gasteiger charge is 2.46. The Bertz CT molecular complexity index is 1260. The van der Waals surface area contributed by atoms with E-state index in [-0.39, 0.29) is 23.7 Å². The number of fused-ring (bicyclic) bond motifs is 4. The zero-order valence-electron chi connectivity index (χ0n) is 26.4. The van der Waals surface area contributed by atoms with Crippen LogP contribution in [0.5, 0.6) is 6.01 Å². The maximum absolute atomic E-state index is 13.1. The average Bonchev–Trinajstić information content (AvgIpc) is 3.65. The molecule has 2 atom stereocenters. The van der Waals surface area contributed by atoms with Gasteiger partial charge in [-0.25, -0.2) is 9.78 Å². The molecule has 4 saturated heterocycles. The minimum atomic E-state index is -1.19. The summed E-state index contributed by atoms with van der Waals surface area (Å²) in [6, 6.07) is 1.66. The molecule has 0 aliphatic carbocycles. The average molecular weight is 600 g/mol. The zero-order valence-corrected chi connectivity index (χ0v) is 27.4. The van der Waals surface area contributed by atoms with Crippen molar-refractivity contribution in [1.82, 2.24) is 29.3 Å². The number of amides is 1. The molecule has 6 rings (SSSR count). The Balaban J connectivity index is 1.25. The van der Waals surface area contributed by atoms with Gasteiger partial charge in [-0.3, -0.25) is 14.4 Å². The van der Waals surface area contributed by atoms with Crippen LogP contribution in [-0.2, 0) is 16.2 Å². The van der Waals surface area contributed by atoms with Crippen molar-refractivity contribution in [2.45, 2.75) is 115 Å². The number of nitrogens with zero attached hydrogens (tertiary/aromatic N) is 7. The third kappa shape index (κ3) is 6.12. The Hall–Kier alpha value is -2.44. The van der Waals surface area contributed by atoms with Crippen molar-refractivity contribution >= 4 is 31.1 Å². The van der Waals surface area contributed by atoms with Crippen LogP contribution in [0.2, 0.25) is 25.7 Å². The first-order valence-corrected chi connectivity index (χ1v) is 19.6. The molecule has 4 fully saturated rings. The molecule has 4 aliphatic heterocycles. The van der Waals surface area contributed by atoms with Crippen LogP contribution in [0, 0.1) is 0 Å². The number of rotatable bonds is 9. The number of hydrogen-bond acceptors (Lipinski definition) is 9. The lowest BCUT2D eigenvalue weighted by molar-refractivity contribution is 0.0122. The summed E-state index contributed by atoms with van der Waals surface area (Å²) in [4.78, 5) is 34.6. The van der Waals surface area contributed by atoms with E-state index in [1.54, 1.807) is 6.33 Å². The van der Waals surface area contributed by atoms with Crippen LogP contribution in [0.15, 0.2) is 6.33 Å². The van der Waals surface area contributed by atoms with Crippen molar-refractivity contribution in [1.29, 1.82) is 0 Å². The number of imidazole rings is 1. The quantitative estimate of drug-likeness (QED) is 0.299. The SMILES string of the molecule is CC(C)(C)OC(=O)N1C2CCC1CN(c1nc(OCC34CCCN3CCC4)nc3c1ncn3COCC[Si](C)(C)C)C2. The van der Waals surface area contributed by atoms with Gasteiger partial charge in [-0.2, -0.15) is 9.97 Å². The van der Waals surface area contributed by atoms with E-state index < -0.39 is 13.7 Å². The number of piperazine rings is 1. The van der Waals surface area contributed by atoms with Crippen LogP contribution in [0.1, 0.15) is 59.3 Å². The van der Waals surface area contributed by atoms with E-state index in [0.717, 1.165) is 55.6 Å². The van der Waals surface area contributed by atoms with E-state index in [1.807, 2.05) is 30.2 Å². The molecule has 0 spiro atoms. The molecule has 1 amide bonds. The van der Waals surface area contributed by atoms with Crippen molar-refractivity contribution in [3.8, 4) is 6.01 Å². The lowest BCUT2D eigenvalue weighted by Crippen LogP contribution is -2.57. The molecule has 232 valence electrons. The molecular weight excluding hydrogens is 550 g/mol. The van der Waals surface area contributed by atoms with Crippen LogP contribution >= 0.6 is 0 Å². The highest BCUT2D eigenvalue weighted by atomic mass is 28.3. The molecule has 2 aromatic heterocycles. The van der Waals surface area contributed by atoms with Gasteiger partial charge >= 0.3 is 12.1 Å². The van der Waals surface area contributed by atoms with Crippen LogP contribution < -0.4 is 9.64 Å². The lowest BCUT2D eigenvalue weighted by atomic mass is 9.95. The van der Waals surface area contributed by atoms with Crippen molar-refractivity contribution in [3.05, 3.63) is 6.33 Å². The van der Waals surface area contributed by atoms with Gasteiger partial charge in [-0.1, -0.05) is 19.6 Å². The van der Waals surface area contributed by atoms with Crippen molar-refractivity contribution in [3.63, 3.8) is 0 Å². The summed E-state index contributed by atoms with van der Waals surface area (Å²) in [6.45, 7) is 18.2. The van der Waals surface area contributed by atoms with E-state index in [1.165, 1.54) is 25.7 Å². The summed E-state index contributed by atoms with van der Waals surface area (Å²) in [5, 5.41) is 0. The van der Waals surface area contributed by atoms with Gasteiger partial charge in [0.05, 0.1) is 23.9 Å². The second-order valence-electron chi connectivity index (χ2n) is 14.9. The highest BCUT2D eigenvalue weighted by Crippen LogP contribution is 2.40. The van der Waals surface area contributed by atoms with Crippen LogP contribution in [0.4, 0.5) is 10.6 Å². The van der Waals surface area contributed by atoms with Crippen LogP contribution in [0.3, 0.4) is 0 Å². The van der Waals surface area contributed by atoms with E-state index in [4.69, 9.17) is 29.2 Å². The van der Waals surface area contributed by atoms with Crippen molar-refractivity contribution in [2.24, 2.45) is 0 Å². The standard InChI is InChI=1S/C30H49N7O4Si/c1-29(2,3)41-28(38)37-22-9-10-23(37)18-34(17-22)25-24-26(35(20-31-24)21-39-15-16-42(4,5)6)33-27(32-25)40-19-30-11-7-13-36(30)14-8-12-30/h20,22-23H,7-19,21H2,1-6H3. The van der Waals surface area contributed by atoms with Gasteiger partial charge in [0, 0.05) is 27.8 Å². The summed E-state index contributed by atoms with van der Waals surface area (Å²) in [6.07, 6.45) is 8.28. The third-order valence-electron chi connectivity index (χ3n) is 9.32. The summed E-state index contributed by atoms with van der Waals surface area (Å²) in [5.41, 5.74) is 1.08. The van der Waals surface area contributed by atoms with Gasteiger partial charge in [-0.15, -0.1) is 0 Å². The molecule has 0 saturated carbocycles. The maximum atomic E-state index is 13.1. The summed E-state index contributed by atoms with van der Waals surface area (Å²) in [5.74, 6) is 0.781.